The molecule has 6 nitrogen and oxygen atoms in total. The number of halogens is 2. The van der Waals surface area contributed by atoms with E-state index in [9.17, 15) is 4.79 Å². The van der Waals surface area contributed by atoms with Crippen LogP contribution < -0.4 is 10.1 Å². The number of carbonyl (C=O) groups is 1. The molecule has 4 rings (SSSR count). The summed E-state index contributed by atoms with van der Waals surface area (Å²) in [6.07, 6.45) is 4.32. The quantitative estimate of drug-likeness (QED) is 0.461. The first-order valence-corrected chi connectivity index (χ1v) is 10.9. The van der Waals surface area contributed by atoms with Crippen LogP contribution in [0.1, 0.15) is 25.2 Å². The summed E-state index contributed by atoms with van der Waals surface area (Å²) < 4.78 is 17.2. The second-order valence-corrected chi connectivity index (χ2v) is 8.13. The van der Waals surface area contributed by atoms with Crippen molar-refractivity contribution < 1.29 is 18.7 Å². The molecule has 0 saturated carbocycles. The fraction of sp³-hybridized carbons (Fsp3) is 0.304. The number of nitrogens with one attached hydrogen (secondary N) is 1. The average molecular weight is 461 g/mol. The lowest BCUT2D eigenvalue weighted by Crippen LogP contribution is -2.18. The van der Waals surface area contributed by atoms with Crippen LogP contribution in [-0.4, -0.2) is 30.2 Å². The van der Waals surface area contributed by atoms with Crippen LogP contribution in [0, 0.1) is 0 Å². The molecule has 2 heterocycles. The number of benzene rings is 2. The Morgan fingerprint density at radius 1 is 1.16 bits per heavy atom. The Labute approximate surface area is 190 Å². The van der Waals surface area contributed by atoms with E-state index >= 15 is 0 Å². The molecule has 3 aromatic rings. The number of oxazole rings is 1. The number of hydrogen-bond acceptors (Lipinski definition) is 5. The molecule has 0 aliphatic carbocycles. The van der Waals surface area contributed by atoms with E-state index in [1.54, 1.807) is 36.5 Å². The van der Waals surface area contributed by atoms with E-state index in [4.69, 9.17) is 37.1 Å². The van der Waals surface area contributed by atoms with Gasteiger partial charge in [0.2, 0.25) is 5.91 Å². The maximum atomic E-state index is 12.5. The molecule has 2 aromatic carbocycles. The first kappa shape index (κ1) is 21.7. The van der Waals surface area contributed by atoms with Crippen molar-refractivity contribution in [3.05, 3.63) is 64.6 Å². The van der Waals surface area contributed by atoms with Gasteiger partial charge in [0.1, 0.15) is 12.4 Å². The standard InChI is InChI=1S/C23H22Cl2N2O4/c24-16-5-3-15(4-6-16)21-13-26-23(31-21)10-9-22(28)27-19-12-17(25)7-8-20(19)30-14-18-2-1-11-29-18/h3-8,12-13,18H,1-2,9-11,14H2,(H,27,28). The molecule has 0 radical (unpaired) electrons. The fourth-order valence-electron chi connectivity index (χ4n) is 3.29. The first-order valence-electron chi connectivity index (χ1n) is 10.1. The predicted octanol–water partition coefficient (Wildman–Crippen LogP) is 5.78. The van der Waals surface area contributed by atoms with Crippen molar-refractivity contribution in [2.75, 3.05) is 18.5 Å². The van der Waals surface area contributed by atoms with Crippen LogP contribution in [0.5, 0.6) is 5.75 Å². The Bertz CT molecular complexity index is 1030. The maximum absolute atomic E-state index is 12.5. The van der Waals surface area contributed by atoms with Crippen LogP contribution in [0.25, 0.3) is 11.3 Å². The molecule has 1 N–H and O–H groups in total. The highest BCUT2D eigenvalue weighted by Gasteiger charge is 2.18. The lowest BCUT2D eigenvalue weighted by atomic mass is 10.2. The monoisotopic (exact) mass is 460 g/mol. The van der Waals surface area contributed by atoms with Gasteiger partial charge in [-0.2, -0.15) is 0 Å². The van der Waals surface area contributed by atoms with E-state index in [2.05, 4.69) is 10.3 Å². The third kappa shape index (κ3) is 6.00. The molecule has 8 heteroatoms. The number of amides is 1. The normalized spacial score (nSPS) is 15.7. The van der Waals surface area contributed by atoms with E-state index in [-0.39, 0.29) is 18.4 Å². The van der Waals surface area contributed by atoms with Crippen molar-refractivity contribution in [1.29, 1.82) is 0 Å². The van der Waals surface area contributed by atoms with Gasteiger partial charge in [0.25, 0.3) is 0 Å². The lowest BCUT2D eigenvalue weighted by Gasteiger charge is -2.15. The number of aromatic nitrogens is 1. The Hall–Kier alpha value is -2.54. The van der Waals surface area contributed by atoms with Crippen molar-refractivity contribution in [3.63, 3.8) is 0 Å². The number of carbonyl (C=O) groups excluding carboxylic acids is 1. The van der Waals surface area contributed by atoms with E-state index in [0.717, 1.165) is 25.0 Å². The Balaban J connectivity index is 1.33. The van der Waals surface area contributed by atoms with Crippen LogP contribution in [0.15, 0.2) is 53.1 Å². The van der Waals surface area contributed by atoms with Crippen molar-refractivity contribution in [1.82, 2.24) is 4.98 Å². The van der Waals surface area contributed by atoms with Gasteiger partial charge in [-0.15, -0.1) is 0 Å². The molecule has 1 atom stereocenters. The average Bonchev–Trinajstić information content (AvgIpc) is 3.44. The van der Waals surface area contributed by atoms with E-state index in [1.165, 1.54) is 0 Å². The molecule has 0 bridgehead atoms. The smallest absolute Gasteiger partial charge is 0.224 e. The van der Waals surface area contributed by atoms with Crippen LogP contribution >= 0.6 is 23.2 Å². The summed E-state index contributed by atoms with van der Waals surface area (Å²) in [5.41, 5.74) is 1.41. The number of nitrogens with zero attached hydrogens (tertiary/aromatic N) is 1. The lowest BCUT2D eigenvalue weighted by molar-refractivity contribution is -0.116. The Morgan fingerprint density at radius 2 is 1.97 bits per heavy atom. The van der Waals surface area contributed by atoms with Gasteiger partial charge in [0.15, 0.2) is 11.7 Å². The molecule has 1 aliphatic heterocycles. The van der Waals surface area contributed by atoms with Gasteiger partial charge in [-0.3, -0.25) is 4.79 Å². The minimum absolute atomic E-state index is 0.0825. The summed E-state index contributed by atoms with van der Waals surface area (Å²) in [7, 11) is 0. The van der Waals surface area contributed by atoms with Crippen LogP contribution in [0.3, 0.4) is 0 Å². The van der Waals surface area contributed by atoms with Crippen LogP contribution in [0.4, 0.5) is 5.69 Å². The summed E-state index contributed by atoms with van der Waals surface area (Å²) in [5.74, 6) is 1.50. The highest BCUT2D eigenvalue weighted by molar-refractivity contribution is 6.31. The Kier molecular flexibility index (Phi) is 7.12. The summed E-state index contributed by atoms with van der Waals surface area (Å²) in [4.78, 5) is 16.8. The summed E-state index contributed by atoms with van der Waals surface area (Å²) in [6, 6.07) is 12.4. The Morgan fingerprint density at radius 3 is 2.74 bits per heavy atom. The van der Waals surface area contributed by atoms with Gasteiger partial charge in [0.05, 0.1) is 18.0 Å². The van der Waals surface area contributed by atoms with Gasteiger partial charge < -0.3 is 19.2 Å². The van der Waals surface area contributed by atoms with Crippen LogP contribution in [-0.2, 0) is 16.0 Å². The van der Waals surface area contributed by atoms with E-state index in [1.807, 2.05) is 12.1 Å². The van der Waals surface area contributed by atoms with Crippen LogP contribution in [0.2, 0.25) is 10.0 Å². The zero-order chi connectivity index (χ0) is 21.6. The number of anilines is 1. The highest BCUT2D eigenvalue weighted by atomic mass is 35.5. The topological polar surface area (TPSA) is 73.6 Å². The molecule has 1 aliphatic rings. The maximum Gasteiger partial charge on any atom is 0.224 e. The van der Waals surface area contributed by atoms with E-state index in [0.29, 0.717) is 46.2 Å². The van der Waals surface area contributed by atoms with Gasteiger partial charge in [-0.05, 0) is 55.3 Å². The molecule has 1 amide bonds. The molecular formula is C23H22Cl2N2O4. The highest BCUT2D eigenvalue weighted by Crippen LogP contribution is 2.29. The molecule has 1 saturated heterocycles. The minimum atomic E-state index is -0.185. The number of rotatable bonds is 8. The van der Waals surface area contributed by atoms with Gasteiger partial charge in [0, 0.05) is 35.1 Å². The predicted molar refractivity (Wildman–Crippen MR) is 120 cm³/mol. The largest absolute Gasteiger partial charge is 0.489 e. The summed E-state index contributed by atoms with van der Waals surface area (Å²) in [6.45, 7) is 1.20. The van der Waals surface area contributed by atoms with Crippen molar-refractivity contribution in [3.8, 4) is 17.1 Å². The van der Waals surface area contributed by atoms with Gasteiger partial charge in [-0.1, -0.05) is 23.2 Å². The number of ether oxygens (including phenoxy) is 2. The van der Waals surface area contributed by atoms with Crippen molar-refractivity contribution >= 4 is 34.8 Å². The number of hydrogen-bond donors (Lipinski definition) is 1. The van der Waals surface area contributed by atoms with E-state index < -0.39 is 0 Å². The first-order chi connectivity index (χ1) is 15.1. The summed E-state index contributed by atoms with van der Waals surface area (Å²) >= 11 is 12.0. The molecule has 1 fully saturated rings. The summed E-state index contributed by atoms with van der Waals surface area (Å²) in [5, 5.41) is 4.04. The molecule has 31 heavy (non-hydrogen) atoms. The second-order valence-electron chi connectivity index (χ2n) is 7.26. The van der Waals surface area contributed by atoms with Gasteiger partial charge >= 0.3 is 0 Å². The zero-order valence-corrected chi connectivity index (χ0v) is 18.3. The van der Waals surface area contributed by atoms with Gasteiger partial charge in [-0.25, -0.2) is 4.98 Å². The molecular weight excluding hydrogens is 439 g/mol. The third-order valence-electron chi connectivity index (χ3n) is 4.91. The molecule has 1 aromatic heterocycles. The SMILES string of the molecule is O=C(CCc1ncc(-c2ccc(Cl)cc2)o1)Nc1cc(Cl)ccc1OCC1CCCO1. The third-order valence-corrected chi connectivity index (χ3v) is 5.40. The fourth-order valence-corrected chi connectivity index (χ4v) is 3.59. The molecule has 162 valence electrons. The minimum Gasteiger partial charge on any atom is -0.489 e. The molecule has 1 unspecified atom stereocenters. The van der Waals surface area contributed by atoms with Crippen molar-refractivity contribution in [2.24, 2.45) is 0 Å². The second kappa shape index (κ2) is 10.2. The zero-order valence-electron chi connectivity index (χ0n) is 16.8. The number of aryl methyl sites for hydroxylation is 1. The van der Waals surface area contributed by atoms with Crippen molar-refractivity contribution in [2.45, 2.75) is 31.8 Å². The molecule has 0 spiro atoms.